The Morgan fingerprint density at radius 3 is 2.42 bits per heavy atom. The molecule has 0 aliphatic carbocycles. The van der Waals surface area contributed by atoms with Gasteiger partial charge in [-0.25, -0.2) is 4.39 Å². The van der Waals surface area contributed by atoms with E-state index >= 15 is 0 Å². The number of carbonyl (C=O) groups is 2. The Kier molecular flexibility index (Phi) is 5.34. The van der Waals surface area contributed by atoms with E-state index in [1.165, 1.54) is 19.9 Å². The van der Waals surface area contributed by atoms with Crippen molar-refractivity contribution in [2.24, 2.45) is 5.41 Å². The average molecular weight is 328 g/mol. The monoisotopic (exact) mass is 328 g/mol. The second kappa shape index (κ2) is 7.25. The van der Waals surface area contributed by atoms with Crippen molar-refractivity contribution in [1.29, 1.82) is 0 Å². The predicted molar refractivity (Wildman–Crippen MR) is 91.8 cm³/mol. The Morgan fingerprint density at radius 2 is 1.75 bits per heavy atom. The molecule has 0 saturated heterocycles. The summed E-state index contributed by atoms with van der Waals surface area (Å²) in [6.45, 7) is 5.03. The minimum atomic E-state index is -1.28. The highest BCUT2D eigenvalue weighted by atomic mass is 19.1. The topological polar surface area (TPSA) is 58.2 Å². The SMILES string of the molecule is Cc1cccc(NC(=O)C(C)(C)C(=O)NCc2ccccc2F)c1. The minimum Gasteiger partial charge on any atom is -0.351 e. The van der Waals surface area contributed by atoms with Crippen molar-refractivity contribution >= 4 is 17.5 Å². The third kappa shape index (κ3) is 4.19. The number of carbonyl (C=O) groups excluding carboxylic acids is 2. The van der Waals surface area contributed by atoms with Gasteiger partial charge in [0.1, 0.15) is 11.2 Å². The van der Waals surface area contributed by atoms with E-state index in [2.05, 4.69) is 10.6 Å². The number of nitrogens with one attached hydrogen (secondary N) is 2. The molecule has 2 N–H and O–H groups in total. The van der Waals surface area contributed by atoms with Gasteiger partial charge < -0.3 is 10.6 Å². The van der Waals surface area contributed by atoms with E-state index < -0.39 is 17.2 Å². The molecule has 2 aromatic rings. The molecule has 0 aliphatic heterocycles. The van der Waals surface area contributed by atoms with Gasteiger partial charge in [-0.15, -0.1) is 0 Å². The van der Waals surface area contributed by atoms with Gasteiger partial charge >= 0.3 is 0 Å². The van der Waals surface area contributed by atoms with Crippen molar-refractivity contribution in [2.45, 2.75) is 27.3 Å². The van der Waals surface area contributed by atoms with E-state index in [9.17, 15) is 14.0 Å². The van der Waals surface area contributed by atoms with Crippen molar-refractivity contribution in [3.63, 3.8) is 0 Å². The fraction of sp³-hybridized carbons (Fsp3) is 0.263. The molecule has 0 unspecified atom stereocenters. The van der Waals surface area contributed by atoms with Gasteiger partial charge in [-0.3, -0.25) is 9.59 Å². The molecule has 4 nitrogen and oxygen atoms in total. The Labute approximate surface area is 141 Å². The van der Waals surface area contributed by atoms with E-state index in [1.807, 2.05) is 25.1 Å². The lowest BCUT2D eigenvalue weighted by atomic mass is 9.90. The van der Waals surface area contributed by atoms with Gasteiger partial charge in [-0.2, -0.15) is 0 Å². The van der Waals surface area contributed by atoms with Crippen LogP contribution in [0, 0.1) is 18.2 Å². The van der Waals surface area contributed by atoms with Crippen molar-refractivity contribution < 1.29 is 14.0 Å². The number of amides is 2. The Bertz CT molecular complexity index is 757. The largest absolute Gasteiger partial charge is 0.351 e. The third-order valence-electron chi connectivity index (χ3n) is 3.81. The Hall–Kier alpha value is -2.69. The van der Waals surface area contributed by atoms with Gasteiger partial charge in [-0.05, 0) is 44.5 Å². The van der Waals surface area contributed by atoms with E-state index in [1.54, 1.807) is 24.3 Å². The third-order valence-corrected chi connectivity index (χ3v) is 3.81. The fourth-order valence-corrected chi connectivity index (χ4v) is 2.15. The van der Waals surface area contributed by atoms with Crippen LogP contribution in [0.2, 0.25) is 0 Å². The molecule has 0 atom stereocenters. The van der Waals surface area contributed by atoms with Gasteiger partial charge in [0, 0.05) is 17.8 Å². The van der Waals surface area contributed by atoms with Crippen molar-refractivity contribution in [1.82, 2.24) is 5.32 Å². The summed E-state index contributed by atoms with van der Waals surface area (Å²) in [6.07, 6.45) is 0. The van der Waals surface area contributed by atoms with Crippen LogP contribution in [0.1, 0.15) is 25.0 Å². The number of aryl methyl sites for hydroxylation is 1. The highest BCUT2D eigenvalue weighted by Crippen LogP contribution is 2.20. The maximum Gasteiger partial charge on any atom is 0.239 e. The zero-order valence-corrected chi connectivity index (χ0v) is 14.0. The average Bonchev–Trinajstić information content (AvgIpc) is 2.53. The van der Waals surface area contributed by atoms with Crippen LogP contribution in [-0.4, -0.2) is 11.8 Å². The molecule has 2 rings (SSSR count). The van der Waals surface area contributed by atoms with Crippen LogP contribution in [-0.2, 0) is 16.1 Å². The molecule has 0 aliphatic rings. The van der Waals surface area contributed by atoms with Crippen molar-refractivity contribution in [3.8, 4) is 0 Å². The van der Waals surface area contributed by atoms with E-state index in [0.717, 1.165) is 5.56 Å². The summed E-state index contributed by atoms with van der Waals surface area (Å²) in [4.78, 5) is 24.8. The summed E-state index contributed by atoms with van der Waals surface area (Å²) in [6, 6.07) is 13.5. The second-order valence-corrected chi connectivity index (χ2v) is 6.22. The van der Waals surface area contributed by atoms with Crippen LogP contribution in [0.3, 0.4) is 0 Å². The highest BCUT2D eigenvalue weighted by molar-refractivity contribution is 6.09. The lowest BCUT2D eigenvalue weighted by Crippen LogP contribution is -2.45. The maximum atomic E-state index is 13.6. The quantitative estimate of drug-likeness (QED) is 0.826. The van der Waals surface area contributed by atoms with Gasteiger partial charge in [-0.1, -0.05) is 30.3 Å². The van der Waals surface area contributed by atoms with Crippen LogP contribution in [0.15, 0.2) is 48.5 Å². The number of anilines is 1. The molecule has 24 heavy (non-hydrogen) atoms. The molecule has 0 radical (unpaired) electrons. The van der Waals surface area contributed by atoms with Crippen LogP contribution in [0.25, 0.3) is 0 Å². The summed E-state index contributed by atoms with van der Waals surface area (Å²) in [5, 5.41) is 5.36. The minimum absolute atomic E-state index is 0.0344. The molecule has 126 valence electrons. The van der Waals surface area contributed by atoms with Gasteiger partial charge in [0.05, 0.1) is 0 Å². The zero-order chi connectivity index (χ0) is 17.7. The van der Waals surface area contributed by atoms with Gasteiger partial charge in [0.25, 0.3) is 0 Å². The van der Waals surface area contributed by atoms with Crippen LogP contribution < -0.4 is 10.6 Å². The zero-order valence-electron chi connectivity index (χ0n) is 14.0. The molecule has 0 bridgehead atoms. The first kappa shape index (κ1) is 17.7. The summed E-state index contributed by atoms with van der Waals surface area (Å²) in [5.41, 5.74) is 0.736. The Balaban J connectivity index is 2.01. The van der Waals surface area contributed by atoms with Crippen molar-refractivity contribution in [2.75, 3.05) is 5.32 Å². The number of hydrogen-bond donors (Lipinski definition) is 2. The number of halogens is 1. The molecule has 0 fully saturated rings. The molecular weight excluding hydrogens is 307 g/mol. The molecule has 2 amide bonds. The molecule has 2 aromatic carbocycles. The lowest BCUT2D eigenvalue weighted by Gasteiger charge is -2.23. The van der Waals surface area contributed by atoms with E-state index in [0.29, 0.717) is 11.3 Å². The first-order valence-electron chi connectivity index (χ1n) is 7.70. The molecule has 0 aromatic heterocycles. The van der Waals surface area contributed by atoms with Gasteiger partial charge in [0.2, 0.25) is 11.8 Å². The second-order valence-electron chi connectivity index (χ2n) is 6.22. The maximum absolute atomic E-state index is 13.6. The highest BCUT2D eigenvalue weighted by Gasteiger charge is 2.36. The molecule has 0 heterocycles. The summed E-state index contributed by atoms with van der Waals surface area (Å²) in [5.74, 6) is -1.27. The Morgan fingerprint density at radius 1 is 1.04 bits per heavy atom. The first-order valence-corrected chi connectivity index (χ1v) is 7.70. The van der Waals surface area contributed by atoms with E-state index in [-0.39, 0.29) is 12.4 Å². The standard InChI is InChI=1S/C19H21FN2O2/c1-13-7-6-9-15(11-13)22-18(24)19(2,3)17(23)21-12-14-8-4-5-10-16(14)20/h4-11H,12H2,1-3H3,(H,21,23)(H,22,24). The molecule has 5 heteroatoms. The fourth-order valence-electron chi connectivity index (χ4n) is 2.15. The number of benzene rings is 2. The molecule has 0 spiro atoms. The number of hydrogen-bond acceptors (Lipinski definition) is 2. The molecule has 0 saturated carbocycles. The van der Waals surface area contributed by atoms with E-state index in [4.69, 9.17) is 0 Å². The van der Waals surface area contributed by atoms with Gasteiger partial charge in [0.15, 0.2) is 0 Å². The summed E-state index contributed by atoms with van der Waals surface area (Å²) >= 11 is 0. The lowest BCUT2D eigenvalue weighted by molar-refractivity contribution is -0.138. The summed E-state index contributed by atoms with van der Waals surface area (Å²) < 4.78 is 13.6. The predicted octanol–water partition coefficient (Wildman–Crippen LogP) is 3.42. The smallest absolute Gasteiger partial charge is 0.239 e. The number of rotatable bonds is 5. The first-order chi connectivity index (χ1) is 11.3. The van der Waals surface area contributed by atoms with Crippen LogP contribution in [0.5, 0.6) is 0 Å². The van der Waals surface area contributed by atoms with Crippen LogP contribution >= 0.6 is 0 Å². The molecular formula is C19H21FN2O2. The van der Waals surface area contributed by atoms with Crippen LogP contribution in [0.4, 0.5) is 10.1 Å². The summed E-state index contributed by atoms with van der Waals surface area (Å²) in [7, 11) is 0. The normalized spacial score (nSPS) is 11.0. The van der Waals surface area contributed by atoms with Crippen molar-refractivity contribution in [3.05, 3.63) is 65.5 Å².